The molecule has 0 radical (unpaired) electrons. The van der Waals surface area contributed by atoms with Gasteiger partial charge in [-0.3, -0.25) is 0 Å². The summed E-state index contributed by atoms with van der Waals surface area (Å²) < 4.78 is 29.0. The van der Waals surface area contributed by atoms with Gasteiger partial charge in [-0.1, -0.05) is 24.4 Å². The van der Waals surface area contributed by atoms with Crippen molar-refractivity contribution in [2.45, 2.75) is 37.8 Å². The summed E-state index contributed by atoms with van der Waals surface area (Å²) in [5.74, 6) is 1.99. The molecule has 0 amide bonds. The van der Waals surface area contributed by atoms with Crippen molar-refractivity contribution in [2.24, 2.45) is 17.6 Å². The van der Waals surface area contributed by atoms with Crippen LogP contribution in [0.3, 0.4) is 0 Å². The lowest BCUT2D eigenvalue weighted by atomic mass is 10.3. The molecule has 2 aromatic rings. The lowest BCUT2D eigenvalue weighted by Crippen LogP contribution is -2.36. The summed E-state index contributed by atoms with van der Waals surface area (Å²) in [6, 6.07) is 2.02. The normalized spacial score (nSPS) is 27.0. The molecule has 2 unspecified atom stereocenters. The number of piperidine rings is 1. The van der Waals surface area contributed by atoms with Gasteiger partial charge in [0.2, 0.25) is 21.9 Å². The third kappa shape index (κ3) is 3.88. The van der Waals surface area contributed by atoms with Gasteiger partial charge in [-0.25, -0.2) is 13.1 Å². The maximum atomic E-state index is 12.3. The second-order valence-electron chi connectivity index (χ2n) is 8.24. The SMILES string of the molecule is NC1C2CN(c3nc(NCCS(=O)(=O)NC4CCCC4)n4nc(Cl)cc4n3)CC12. The number of nitrogens with one attached hydrogen (secondary N) is 2. The zero-order chi connectivity index (χ0) is 20.2. The summed E-state index contributed by atoms with van der Waals surface area (Å²) in [6.45, 7) is 1.88. The summed E-state index contributed by atoms with van der Waals surface area (Å²) in [5, 5.41) is 7.61. The summed E-state index contributed by atoms with van der Waals surface area (Å²) in [6.07, 6.45) is 3.98. The summed E-state index contributed by atoms with van der Waals surface area (Å²) >= 11 is 6.05. The van der Waals surface area contributed by atoms with Crippen LogP contribution in [-0.2, 0) is 10.0 Å². The van der Waals surface area contributed by atoms with Crippen molar-refractivity contribution < 1.29 is 8.42 Å². The number of nitrogens with zero attached hydrogens (tertiary/aromatic N) is 5. The third-order valence-corrected chi connectivity index (χ3v) is 7.80. The van der Waals surface area contributed by atoms with E-state index in [1.807, 2.05) is 0 Å². The second kappa shape index (κ2) is 7.22. The Bertz CT molecular complexity index is 1010. The highest BCUT2D eigenvalue weighted by Gasteiger charge is 2.54. The molecular weight excluding hydrogens is 416 g/mol. The first-order valence-electron chi connectivity index (χ1n) is 10.1. The van der Waals surface area contributed by atoms with Crippen molar-refractivity contribution in [1.82, 2.24) is 24.3 Å². The van der Waals surface area contributed by atoms with E-state index in [4.69, 9.17) is 17.3 Å². The molecule has 3 aliphatic rings. The minimum atomic E-state index is -3.35. The van der Waals surface area contributed by atoms with Gasteiger partial charge >= 0.3 is 0 Å². The minimum absolute atomic E-state index is 0.0396. The van der Waals surface area contributed by atoms with Crippen molar-refractivity contribution in [3.8, 4) is 0 Å². The molecule has 2 saturated carbocycles. The maximum absolute atomic E-state index is 12.3. The molecule has 29 heavy (non-hydrogen) atoms. The van der Waals surface area contributed by atoms with Crippen LogP contribution in [0.15, 0.2) is 6.07 Å². The van der Waals surface area contributed by atoms with Crippen LogP contribution in [-0.4, -0.2) is 65.5 Å². The molecule has 2 atom stereocenters. The molecule has 3 fully saturated rings. The highest BCUT2D eigenvalue weighted by molar-refractivity contribution is 7.89. The van der Waals surface area contributed by atoms with Crippen molar-refractivity contribution in [3.05, 3.63) is 11.2 Å². The van der Waals surface area contributed by atoms with Crippen LogP contribution in [0.2, 0.25) is 5.15 Å². The van der Waals surface area contributed by atoms with Gasteiger partial charge in [0.15, 0.2) is 10.8 Å². The van der Waals surface area contributed by atoms with E-state index in [1.165, 1.54) is 4.52 Å². The molecule has 0 spiro atoms. The standard InChI is InChI=1S/C17H25ClN8O2S/c18-13-7-14-21-17(25-8-11-12(9-25)15(11)19)22-16(26(14)23-13)20-5-6-29(27,28)24-10-3-1-2-4-10/h7,10-12,15,24H,1-6,8-9,19H2,(H,20,21,22). The van der Waals surface area contributed by atoms with Gasteiger partial charge in [0, 0.05) is 37.8 Å². The first kappa shape index (κ1) is 19.3. The molecule has 5 rings (SSSR count). The number of nitrogens with two attached hydrogens (primary N) is 1. The molecule has 12 heteroatoms. The summed E-state index contributed by atoms with van der Waals surface area (Å²) in [4.78, 5) is 11.3. The average Bonchev–Trinajstić information content (AvgIpc) is 3.17. The number of anilines is 2. The Balaban J connectivity index is 1.29. The van der Waals surface area contributed by atoms with Crippen LogP contribution in [0.4, 0.5) is 11.9 Å². The van der Waals surface area contributed by atoms with E-state index >= 15 is 0 Å². The van der Waals surface area contributed by atoms with E-state index in [9.17, 15) is 8.42 Å². The largest absolute Gasteiger partial charge is 0.353 e. The Hall–Kier alpha value is -1.69. The third-order valence-electron chi connectivity index (χ3n) is 6.18. The number of rotatable bonds is 7. The van der Waals surface area contributed by atoms with E-state index in [0.29, 0.717) is 34.5 Å². The van der Waals surface area contributed by atoms with E-state index < -0.39 is 10.0 Å². The van der Waals surface area contributed by atoms with E-state index in [0.717, 1.165) is 38.8 Å². The predicted molar refractivity (Wildman–Crippen MR) is 111 cm³/mol. The Kier molecular flexibility index (Phi) is 4.80. The Morgan fingerprint density at radius 3 is 2.66 bits per heavy atom. The highest BCUT2D eigenvalue weighted by atomic mass is 35.5. The fourth-order valence-electron chi connectivity index (χ4n) is 4.49. The van der Waals surface area contributed by atoms with Crippen LogP contribution < -0.4 is 20.7 Å². The Morgan fingerprint density at radius 2 is 1.93 bits per heavy atom. The molecule has 158 valence electrons. The van der Waals surface area contributed by atoms with Crippen molar-refractivity contribution in [1.29, 1.82) is 0 Å². The molecule has 1 saturated heterocycles. The Morgan fingerprint density at radius 1 is 1.21 bits per heavy atom. The van der Waals surface area contributed by atoms with Crippen molar-refractivity contribution in [3.63, 3.8) is 0 Å². The summed E-state index contributed by atoms with van der Waals surface area (Å²) in [5.41, 5.74) is 6.60. The highest BCUT2D eigenvalue weighted by Crippen LogP contribution is 2.44. The fourth-order valence-corrected chi connectivity index (χ4v) is 5.90. The van der Waals surface area contributed by atoms with Crippen LogP contribution in [0.1, 0.15) is 25.7 Å². The van der Waals surface area contributed by atoms with Crippen LogP contribution in [0.25, 0.3) is 5.65 Å². The van der Waals surface area contributed by atoms with Crippen molar-refractivity contribution >= 4 is 39.2 Å². The van der Waals surface area contributed by atoms with Gasteiger partial charge in [0.05, 0.1) is 5.75 Å². The number of hydrogen-bond donors (Lipinski definition) is 3. The maximum Gasteiger partial charge on any atom is 0.230 e. The molecule has 0 aromatic carbocycles. The summed E-state index contributed by atoms with van der Waals surface area (Å²) in [7, 11) is -3.35. The quantitative estimate of drug-likeness (QED) is 0.565. The number of sulfonamides is 1. The van der Waals surface area contributed by atoms with Crippen LogP contribution in [0.5, 0.6) is 0 Å². The lowest BCUT2D eigenvalue weighted by Gasteiger charge is -2.20. The topological polar surface area (TPSA) is 131 Å². The molecule has 2 aromatic heterocycles. The number of fused-ring (bicyclic) bond motifs is 2. The molecule has 3 heterocycles. The first-order chi connectivity index (χ1) is 13.9. The van der Waals surface area contributed by atoms with Gasteiger partial charge in [-0.15, -0.1) is 0 Å². The van der Waals surface area contributed by atoms with Gasteiger partial charge in [-0.2, -0.15) is 19.6 Å². The molecule has 10 nitrogen and oxygen atoms in total. The van der Waals surface area contributed by atoms with Crippen LogP contribution in [0, 0.1) is 11.8 Å². The number of aromatic nitrogens is 4. The van der Waals surface area contributed by atoms with Gasteiger partial charge in [0.25, 0.3) is 0 Å². The molecule has 0 bridgehead atoms. The average molecular weight is 441 g/mol. The van der Waals surface area contributed by atoms with E-state index in [-0.39, 0.29) is 24.4 Å². The van der Waals surface area contributed by atoms with Gasteiger partial charge in [-0.05, 0) is 24.7 Å². The second-order valence-corrected chi connectivity index (χ2v) is 10.5. The Labute approximate surface area is 174 Å². The van der Waals surface area contributed by atoms with E-state index in [1.54, 1.807) is 6.07 Å². The smallest absolute Gasteiger partial charge is 0.230 e. The van der Waals surface area contributed by atoms with Crippen molar-refractivity contribution in [2.75, 3.05) is 35.6 Å². The van der Waals surface area contributed by atoms with Crippen LogP contribution >= 0.6 is 11.6 Å². The minimum Gasteiger partial charge on any atom is -0.353 e. The predicted octanol–water partition coefficient (Wildman–Crippen LogP) is 0.445. The van der Waals surface area contributed by atoms with Gasteiger partial charge < -0.3 is 16.0 Å². The fraction of sp³-hybridized carbons (Fsp3) is 0.706. The zero-order valence-electron chi connectivity index (χ0n) is 16.0. The van der Waals surface area contributed by atoms with E-state index in [2.05, 4.69) is 30.0 Å². The number of halogens is 1. The monoisotopic (exact) mass is 440 g/mol. The molecule has 2 aliphatic carbocycles. The lowest BCUT2D eigenvalue weighted by molar-refractivity contribution is 0.552. The number of hydrogen-bond acceptors (Lipinski definition) is 8. The molecule has 1 aliphatic heterocycles. The van der Waals surface area contributed by atoms with Gasteiger partial charge in [0.1, 0.15) is 0 Å². The molecule has 4 N–H and O–H groups in total. The first-order valence-corrected chi connectivity index (χ1v) is 12.1. The zero-order valence-corrected chi connectivity index (χ0v) is 17.5. The molecular formula is C17H25ClN8O2S.